The predicted octanol–water partition coefficient (Wildman–Crippen LogP) is 0.472. The minimum absolute atomic E-state index is 0.0172. The topological polar surface area (TPSA) is 111 Å². The van der Waals surface area contributed by atoms with Crippen LogP contribution < -0.4 is 20.5 Å². The number of hydrogen-bond acceptors (Lipinski definition) is 5. The molecule has 0 unspecified atom stereocenters. The third-order valence-corrected chi connectivity index (χ3v) is 4.26. The first-order valence-electron chi connectivity index (χ1n) is 6.60. The number of rotatable bonds is 8. The van der Waals surface area contributed by atoms with Crippen molar-refractivity contribution in [3.05, 3.63) is 18.2 Å². The predicted molar refractivity (Wildman–Crippen MR) is 80.5 cm³/mol. The summed E-state index contributed by atoms with van der Waals surface area (Å²) in [5.74, 6) is 0.285. The summed E-state index contributed by atoms with van der Waals surface area (Å²) in [6.07, 6.45) is 0.912. The first kappa shape index (κ1) is 17.3. The van der Waals surface area contributed by atoms with Gasteiger partial charge in [-0.1, -0.05) is 6.92 Å². The van der Waals surface area contributed by atoms with Crippen LogP contribution in [0.2, 0.25) is 0 Å². The van der Waals surface area contributed by atoms with E-state index in [-0.39, 0.29) is 29.5 Å². The standard InChI is InChI=1S/C13H21N3O4S/c1-3-7-15-13(17)6-8-16-21(18,19)12-5-4-10(20-2)9-11(12)14/h4-5,9,16H,3,6-8,14H2,1-2H3,(H,15,17). The molecule has 1 rings (SSSR count). The van der Waals surface area contributed by atoms with Crippen molar-refractivity contribution in [2.24, 2.45) is 0 Å². The lowest BCUT2D eigenvalue weighted by Gasteiger charge is -2.10. The highest BCUT2D eigenvalue weighted by Crippen LogP contribution is 2.23. The number of ether oxygens (including phenoxy) is 1. The van der Waals surface area contributed by atoms with E-state index >= 15 is 0 Å². The molecule has 118 valence electrons. The Labute approximate surface area is 124 Å². The van der Waals surface area contributed by atoms with Crippen molar-refractivity contribution < 1.29 is 17.9 Å². The van der Waals surface area contributed by atoms with Crippen LogP contribution >= 0.6 is 0 Å². The molecule has 0 atom stereocenters. The van der Waals surface area contributed by atoms with Gasteiger partial charge >= 0.3 is 0 Å². The number of amides is 1. The van der Waals surface area contributed by atoms with Crippen LogP contribution in [0.5, 0.6) is 5.75 Å². The van der Waals surface area contributed by atoms with Gasteiger partial charge in [0, 0.05) is 25.6 Å². The van der Waals surface area contributed by atoms with Gasteiger partial charge in [0.15, 0.2) is 0 Å². The molecule has 0 aliphatic heterocycles. The Bertz CT molecular complexity index is 587. The van der Waals surface area contributed by atoms with Crippen LogP contribution in [0.1, 0.15) is 19.8 Å². The fourth-order valence-corrected chi connectivity index (χ4v) is 2.77. The van der Waals surface area contributed by atoms with E-state index in [1.807, 2.05) is 6.92 Å². The third-order valence-electron chi connectivity index (χ3n) is 2.72. The summed E-state index contributed by atoms with van der Waals surface area (Å²) in [5, 5.41) is 2.67. The van der Waals surface area contributed by atoms with Gasteiger partial charge in [0.1, 0.15) is 10.6 Å². The van der Waals surface area contributed by atoms with Gasteiger partial charge in [-0.05, 0) is 18.6 Å². The van der Waals surface area contributed by atoms with Gasteiger partial charge in [0.25, 0.3) is 0 Å². The number of nitrogens with one attached hydrogen (secondary N) is 2. The Morgan fingerprint density at radius 2 is 2.05 bits per heavy atom. The minimum Gasteiger partial charge on any atom is -0.497 e. The summed E-state index contributed by atoms with van der Waals surface area (Å²) < 4.78 is 31.5. The molecule has 0 spiro atoms. The number of nitrogens with two attached hydrogens (primary N) is 1. The maximum atomic E-state index is 12.1. The molecule has 0 aliphatic rings. The lowest BCUT2D eigenvalue weighted by molar-refractivity contribution is -0.120. The lowest BCUT2D eigenvalue weighted by atomic mass is 10.3. The normalized spacial score (nSPS) is 11.1. The molecule has 8 heteroatoms. The largest absolute Gasteiger partial charge is 0.497 e. The van der Waals surface area contributed by atoms with Gasteiger partial charge < -0.3 is 15.8 Å². The molecule has 1 aromatic rings. The molecule has 0 saturated heterocycles. The summed E-state index contributed by atoms with van der Waals surface area (Å²) in [7, 11) is -2.27. The number of hydrogen-bond donors (Lipinski definition) is 3. The number of carbonyl (C=O) groups excluding carboxylic acids is 1. The molecule has 0 radical (unpaired) electrons. The first-order chi connectivity index (χ1) is 9.90. The summed E-state index contributed by atoms with van der Waals surface area (Å²) in [6, 6.07) is 4.31. The van der Waals surface area contributed by atoms with E-state index < -0.39 is 10.0 Å². The van der Waals surface area contributed by atoms with E-state index in [1.54, 1.807) is 0 Å². The molecule has 7 nitrogen and oxygen atoms in total. The zero-order valence-corrected chi connectivity index (χ0v) is 13.0. The number of sulfonamides is 1. The lowest BCUT2D eigenvalue weighted by Crippen LogP contribution is -2.31. The van der Waals surface area contributed by atoms with E-state index in [2.05, 4.69) is 10.0 Å². The monoisotopic (exact) mass is 315 g/mol. The Morgan fingerprint density at radius 1 is 1.33 bits per heavy atom. The average Bonchev–Trinajstić information content (AvgIpc) is 2.44. The van der Waals surface area contributed by atoms with Crippen molar-refractivity contribution in [2.75, 3.05) is 25.9 Å². The van der Waals surface area contributed by atoms with Gasteiger partial charge in [-0.25, -0.2) is 13.1 Å². The van der Waals surface area contributed by atoms with Crippen LogP contribution in [0.3, 0.4) is 0 Å². The van der Waals surface area contributed by atoms with Crippen LogP contribution in [0, 0.1) is 0 Å². The SMILES string of the molecule is CCCNC(=O)CCNS(=O)(=O)c1ccc(OC)cc1N. The van der Waals surface area contributed by atoms with Crippen molar-refractivity contribution in [3.63, 3.8) is 0 Å². The van der Waals surface area contributed by atoms with Crippen LogP contribution in [0.15, 0.2) is 23.1 Å². The van der Waals surface area contributed by atoms with E-state index in [9.17, 15) is 13.2 Å². The van der Waals surface area contributed by atoms with Crippen LogP contribution in [-0.2, 0) is 14.8 Å². The second-order valence-electron chi connectivity index (χ2n) is 4.40. The highest BCUT2D eigenvalue weighted by molar-refractivity contribution is 7.89. The number of anilines is 1. The van der Waals surface area contributed by atoms with Crippen molar-refractivity contribution in [1.82, 2.24) is 10.0 Å². The smallest absolute Gasteiger partial charge is 0.242 e. The summed E-state index contributed by atoms with van der Waals surface area (Å²) in [6.45, 7) is 2.54. The van der Waals surface area contributed by atoms with Crippen molar-refractivity contribution in [1.29, 1.82) is 0 Å². The number of carbonyl (C=O) groups is 1. The average molecular weight is 315 g/mol. The molecule has 0 aromatic heterocycles. The highest BCUT2D eigenvalue weighted by atomic mass is 32.2. The molecule has 0 bridgehead atoms. The first-order valence-corrected chi connectivity index (χ1v) is 8.09. The fourth-order valence-electron chi connectivity index (χ4n) is 1.63. The van der Waals surface area contributed by atoms with Gasteiger partial charge in [-0.15, -0.1) is 0 Å². The quantitative estimate of drug-likeness (QED) is 0.604. The molecule has 0 aliphatic carbocycles. The van der Waals surface area contributed by atoms with Gasteiger partial charge in [-0.2, -0.15) is 0 Å². The molecular formula is C13H21N3O4S. The molecular weight excluding hydrogens is 294 g/mol. The number of nitrogen functional groups attached to an aromatic ring is 1. The molecule has 21 heavy (non-hydrogen) atoms. The van der Waals surface area contributed by atoms with Crippen LogP contribution in [0.4, 0.5) is 5.69 Å². The maximum absolute atomic E-state index is 12.1. The second-order valence-corrected chi connectivity index (χ2v) is 6.14. The summed E-state index contributed by atoms with van der Waals surface area (Å²) in [5.41, 5.74) is 5.80. The zero-order valence-electron chi connectivity index (χ0n) is 12.2. The Hall–Kier alpha value is -1.80. The second kappa shape index (κ2) is 7.84. The Kier molecular flexibility index (Phi) is 6.44. The van der Waals surface area contributed by atoms with Crippen molar-refractivity contribution in [3.8, 4) is 5.75 Å². The molecule has 1 aromatic carbocycles. The van der Waals surface area contributed by atoms with Crippen LogP contribution in [-0.4, -0.2) is 34.5 Å². The van der Waals surface area contributed by atoms with Crippen molar-refractivity contribution >= 4 is 21.6 Å². The van der Waals surface area contributed by atoms with E-state index in [0.29, 0.717) is 12.3 Å². The van der Waals surface area contributed by atoms with Gasteiger partial charge in [0.2, 0.25) is 15.9 Å². The van der Waals surface area contributed by atoms with Gasteiger partial charge in [-0.3, -0.25) is 4.79 Å². The van der Waals surface area contributed by atoms with Gasteiger partial charge in [0.05, 0.1) is 12.8 Å². The third kappa shape index (κ3) is 5.24. The zero-order chi connectivity index (χ0) is 15.9. The maximum Gasteiger partial charge on any atom is 0.242 e. The minimum atomic E-state index is -3.74. The Balaban J connectivity index is 2.63. The summed E-state index contributed by atoms with van der Waals surface area (Å²) in [4.78, 5) is 11.4. The van der Waals surface area contributed by atoms with E-state index in [1.165, 1.54) is 25.3 Å². The molecule has 0 saturated carbocycles. The highest BCUT2D eigenvalue weighted by Gasteiger charge is 2.17. The van der Waals surface area contributed by atoms with E-state index in [0.717, 1.165) is 6.42 Å². The molecule has 4 N–H and O–H groups in total. The van der Waals surface area contributed by atoms with Crippen LogP contribution in [0.25, 0.3) is 0 Å². The number of methoxy groups -OCH3 is 1. The number of benzene rings is 1. The Morgan fingerprint density at radius 3 is 2.62 bits per heavy atom. The fraction of sp³-hybridized carbons (Fsp3) is 0.462. The molecule has 0 fully saturated rings. The molecule has 0 heterocycles. The van der Waals surface area contributed by atoms with Crippen molar-refractivity contribution in [2.45, 2.75) is 24.7 Å². The molecule has 1 amide bonds. The summed E-state index contributed by atoms with van der Waals surface area (Å²) >= 11 is 0. The van der Waals surface area contributed by atoms with E-state index in [4.69, 9.17) is 10.5 Å².